The van der Waals surface area contributed by atoms with Crippen molar-refractivity contribution in [1.82, 2.24) is 10.2 Å². The van der Waals surface area contributed by atoms with Crippen LogP contribution in [0, 0.1) is 0 Å². The van der Waals surface area contributed by atoms with Crippen LogP contribution < -0.4 is 5.32 Å². The molecule has 0 saturated heterocycles. The Morgan fingerprint density at radius 2 is 2.20 bits per heavy atom. The molecule has 0 aliphatic heterocycles. The Balaban J connectivity index is 2.77. The Labute approximate surface area is 119 Å². The van der Waals surface area contributed by atoms with Crippen LogP contribution in [0.1, 0.15) is 39.5 Å². The summed E-state index contributed by atoms with van der Waals surface area (Å²) in [6.45, 7) is 4.46. The summed E-state index contributed by atoms with van der Waals surface area (Å²) in [4.78, 5) is 13.9. The highest BCUT2D eigenvalue weighted by Crippen LogP contribution is 2.32. The lowest BCUT2D eigenvalue weighted by atomic mass is 9.78. The molecule has 2 unspecified atom stereocenters. The predicted octanol–water partition coefficient (Wildman–Crippen LogP) is 2.04. The van der Waals surface area contributed by atoms with Crippen LogP contribution in [-0.2, 0) is 9.53 Å². The minimum Gasteiger partial charge on any atom is -0.465 e. The van der Waals surface area contributed by atoms with Crippen molar-refractivity contribution in [3.8, 4) is 0 Å². The van der Waals surface area contributed by atoms with Gasteiger partial charge in [0.25, 0.3) is 6.43 Å². The lowest BCUT2D eigenvalue weighted by molar-refractivity contribution is -0.153. The first-order valence-electron chi connectivity index (χ1n) is 7.35. The third kappa shape index (κ3) is 4.38. The van der Waals surface area contributed by atoms with E-state index in [2.05, 4.69) is 5.32 Å². The molecule has 6 heteroatoms. The number of halogens is 2. The summed E-state index contributed by atoms with van der Waals surface area (Å²) in [5.74, 6) is -0.253. The molecule has 4 nitrogen and oxygen atoms in total. The maximum absolute atomic E-state index is 12.5. The van der Waals surface area contributed by atoms with Crippen LogP contribution in [0.25, 0.3) is 0 Å². The van der Waals surface area contributed by atoms with Crippen LogP contribution in [-0.4, -0.2) is 55.6 Å². The molecule has 118 valence electrons. The van der Waals surface area contributed by atoms with Crippen LogP contribution in [0.15, 0.2) is 0 Å². The lowest BCUT2D eigenvalue weighted by Gasteiger charge is -2.42. The second-order valence-corrected chi connectivity index (χ2v) is 5.41. The highest BCUT2D eigenvalue weighted by molar-refractivity contribution is 5.81. The predicted molar refractivity (Wildman–Crippen MR) is 73.9 cm³/mol. The molecule has 0 aromatic carbocycles. The van der Waals surface area contributed by atoms with Gasteiger partial charge in [0.15, 0.2) is 0 Å². The van der Waals surface area contributed by atoms with Crippen molar-refractivity contribution in [3.05, 3.63) is 0 Å². The van der Waals surface area contributed by atoms with Gasteiger partial charge in [-0.3, -0.25) is 9.69 Å². The van der Waals surface area contributed by atoms with E-state index in [4.69, 9.17) is 4.74 Å². The fourth-order valence-corrected chi connectivity index (χ4v) is 3.01. The number of carbonyl (C=O) groups excluding carboxylic acids is 1. The largest absolute Gasteiger partial charge is 0.465 e. The number of rotatable bonds is 7. The van der Waals surface area contributed by atoms with Crippen LogP contribution in [0.5, 0.6) is 0 Å². The second-order valence-electron chi connectivity index (χ2n) is 5.41. The van der Waals surface area contributed by atoms with Crippen LogP contribution in [0.3, 0.4) is 0 Å². The monoisotopic (exact) mass is 292 g/mol. The van der Waals surface area contributed by atoms with Gasteiger partial charge in [0, 0.05) is 6.04 Å². The standard InChI is InChI=1S/C14H26F2N2O2/c1-4-17-14(13(19)20-5-2)8-6-7-11(9-14)18(3)10-12(15)16/h11-12,17H,4-10H2,1-3H3. The summed E-state index contributed by atoms with van der Waals surface area (Å²) in [7, 11) is 1.70. The minimum atomic E-state index is -2.35. The zero-order valence-electron chi connectivity index (χ0n) is 12.6. The minimum absolute atomic E-state index is 0.0128. The van der Waals surface area contributed by atoms with Gasteiger partial charge in [-0.2, -0.15) is 0 Å². The van der Waals surface area contributed by atoms with E-state index in [-0.39, 0.29) is 18.6 Å². The maximum Gasteiger partial charge on any atom is 0.326 e. The second kappa shape index (κ2) is 7.88. The van der Waals surface area contributed by atoms with Gasteiger partial charge in [0.05, 0.1) is 13.2 Å². The van der Waals surface area contributed by atoms with Crippen molar-refractivity contribution in [2.75, 3.05) is 26.7 Å². The Kier molecular flexibility index (Phi) is 6.82. The number of esters is 1. The summed E-state index contributed by atoms with van der Waals surface area (Å²) < 4.78 is 30.2. The van der Waals surface area contributed by atoms with E-state index in [1.54, 1.807) is 18.9 Å². The van der Waals surface area contributed by atoms with Crippen molar-refractivity contribution >= 4 is 5.97 Å². The number of hydrogen-bond acceptors (Lipinski definition) is 4. The summed E-state index contributed by atoms with van der Waals surface area (Å²) in [5, 5.41) is 3.23. The van der Waals surface area contributed by atoms with Crippen molar-refractivity contribution in [3.63, 3.8) is 0 Å². The zero-order valence-corrected chi connectivity index (χ0v) is 12.6. The third-order valence-electron chi connectivity index (χ3n) is 3.96. The number of alkyl halides is 2. The van der Waals surface area contributed by atoms with Crippen molar-refractivity contribution < 1.29 is 18.3 Å². The van der Waals surface area contributed by atoms with Crippen molar-refractivity contribution in [2.45, 2.75) is 57.5 Å². The molecule has 1 aliphatic carbocycles. The molecule has 0 spiro atoms. The first kappa shape index (κ1) is 17.3. The number of nitrogens with zero attached hydrogens (tertiary/aromatic N) is 1. The normalized spacial score (nSPS) is 27.1. The van der Waals surface area contributed by atoms with Crippen LogP contribution >= 0.6 is 0 Å². The number of nitrogens with one attached hydrogen (secondary N) is 1. The van der Waals surface area contributed by atoms with E-state index >= 15 is 0 Å². The highest BCUT2D eigenvalue weighted by Gasteiger charge is 2.44. The molecule has 2 atom stereocenters. The molecule has 1 N–H and O–H groups in total. The van der Waals surface area contributed by atoms with Gasteiger partial charge in [0.1, 0.15) is 5.54 Å². The van der Waals surface area contributed by atoms with Crippen LogP contribution in [0.4, 0.5) is 8.78 Å². The van der Waals surface area contributed by atoms with E-state index in [1.807, 2.05) is 6.92 Å². The molecule has 0 radical (unpaired) electrons. The lowest BCUT2D eigenvalue weighted by Crippen LogP contribution is -2.58. The molecule has 0 aromatic heterocycles. The van der Waals surface area contributed by atoms with E-state index in [1.165, 1.54) is 0 Å². The quantitative estimate of drug-likeness (QED) is 0.729. The van der Waals surface area contributed by atoms with Gasteiger partial charge in [-0.25, -0.2) is 8.78 Å². The average molecular weight is 292 g/mol. The summed E-state index contributed by atoms with van der Waals surface area (Å²) in [6, 6.07) is -0.0128. The SMILES string of the molecule is CCNC1(C(=O)OCC)CCCC(N(C)CC(F)F)C1. The topological polar surface area (TPSA) is 41.6 Å². The van der Waals surface area contributed by atoms with Gasteiger partial charge in [-0.15, -0.1) is 0 Å². The molecule has 1 aliphatic rings. The van der Waals surface area contributed by atoms with Gasteiger partial charge in [0.2, 0.25) is 0 Å². The summed E-state index contributed by atoms with van der Waals surface area (Å²) >= 11 is 0. The van der Waals surface area contributed by atoms with E-state index < -0.39 is 12.0 Å². The molecule has 0 bridgehead atoms. The first-order chi connectivity index (χ1) is 9.45. The highest BCUT2D eigenvalue weighted by atomic mass is 19.3. The molecule has 0 aromatic rings. The molecular formula is C14H26F2N2O2. The molecule has 1 rings (SSSR count). The van der Waals surface area contributed by atoms with E-state index in [0.29, 0.717) is 26.0 Å². The van der Waals surface area contributed by atoms with Gasteiger partial charge < -0.3 is 10.1 Å². The first-order valence-corrected chi connectivity index (χ1v) is 7.35. The average Bonchev–Trinajstić information content (AvgIpc) is 2.39. The van der Waals surface area contributed by atoms with Gasteiger partial charge in [-0.05, 0) is 46.2 Å². The molecule has 1 fully saturated rings. The Bertz CT molecular complexity index is 312. The Hall–Kier alpha value is -0.750. The Morgan fingerprint density at radius 1 is 1.50 bits per heavy atom. The molecule has 0 heterocycles. The summed E-state index contributed by atoms with van der Waals surface area (Å²) in [6.07, 6.45) is 0.569. The zero-order chi connectivity index (χ0) is 15.2. The summed E-state index contributed by atoms with van der Waals surface area (Å²) in [5.41, 5.74) is -0.718. The van der Waals surface area contributed by atoms with Gasteiger partial charge >= 0.3 is 5.97 Å². The molecule has 1 saturated carbocycles. The molecular weight excluding hydrogens is 266 g/mol. The molecule has 0 amide bonds. The maximum atomic E-state index is 12.5. The fourth-order valence-electron chi connectivity index (χ4n) is 3.01. The number of carbonyl (C=O) groups is 1. The number of ether oxygens (including phenoxy) is 1. The van der Waals surface area contributed by atoms with Gasteiger partial charge in [-0.1, -0.05) is 6.92 Å². The van der Waals surface area contributed by atoms with Crippen molar-refractivity contribution in [2.24, 2.45) is 0 Å². The third-order valence-corrected chi connectivity index (χ3v) is 3.96. The fraction of sp³-hybridized carbons (Fsp3) is 0.929. The van der Waals surface area contributed by atoms with E-state index in [0.717, 1.165) is 12.8 Å². The van der Waals surface area contributed by atoms with Crippen molar-refractivity contribution in [1.29, 1.82) is 0 Å². The van der Waals surface area contributed by atoms with Crippen LogP contribution in [0.2, 0.25) is 0 Å². The Morgan fingerprint density at radius 3 is 2.75 bits per heavy atom. The number of likely N-dealkylation sites (N-methyl/N-ethyl adjacent to an activating group) is 1. The smallest absolute Gasteiger partial charge is 0.326 e. The number of hydrogen-bond donors (Lipinski definition) is 1. The molecule has 20 heavy (non-hydrogen) atoms. The van der Waals surface area contributed by atoms with E-state index in [9.17, 15) is 13.6 Å².